The number of ether oxygens (including phenoxy) is 1. The van der Waals surface area contributed by atoms with Gasteiger partial charge >= 0.3 is 0 Å². The topological polar surface area (TPSA) is 21.3 Å². The highest BCUT2D eigenvalue weighted by Gasteiger charge is 2.16. The van der Waals surface area contributed by atoms with Crippen LogP contribution in [-0.2, 0) is 11.2 Å². The van der Waals surface area contributed by atoms with Crippen LogP contribution in [0.15, 0.2) is 18.2 Å². The molecule has 2 nitrogen and oxygen atoms in total. The van der Waals surface area contributed by atoms with Crippen LogP contribution >= 0.6 is 11.6 Å². The summed E-state index contributed by atoms with van der Waals surface area (Å²) in [4.78, 5) is 0. The number of halogens is 2. The molecule has 0 radical (unpaired) electrons. The van der Waals surface area contributed by atoms with Gasteiger partial charge in [-0.15, -0.1) is 0 Å². The van der Waals surface area contributed by atoms with Gasteiger partial charge in [0.05, 0.1) is 11.1 Å². The molecular formula is C13H19ClFNO. The molecule has 0 saturated heterocycles. The number of hydrogen-bond acceptors (Lipinski definition) is 2. The highest BCUT2D eigenvalue weighted by Crippen LogP contribution is 2.18. The molecule has 1 N–H and O–H groups in total. The van der Waals surface area contributed by atoms with E-state index in [9.17, 15) is 4.39 Å². The Kier molecular flexibility index (Phi) is 5.89. The fourth-order valence-electron chi connectivity index (χ4n) is 1.75. The number of hydrogen-bond donors (Lipinski definition) is 1. The molecule has 0 heterocycles. The maximum absolute atomic E-state index is 13.0. The summed E-state index contributed by atoms with van der Waals surface area (Å²) < 4.78 is 18.4. The van der Waals surface area contributed by atoms with Crippen molar-refractivity contribution in [2.45, 2.75) is 32.4 Å². The smallest absolute Gasteiger partial charge is 0.141 e. The first-order valence-corrected chi connectivity index (χ1v) is 6.16. The minimum Gasteiger partial charge on any atom is -0.380 e. The predicted octanol–water partition coefficient (Wildman–Crippen LogP) is 3.03. The predicted molar refractivity (Wildman–Crippen MR) is 69.0 cm³/mol. The molecule has 0 bridgehead atoms. The molecule has 0 amide bonds. The molecule has 0 aliphatic carbocycles. The summed E-state index contributed by atoms with van der Waals surface area (Å²) in [7, 11) is 1.69. The van der Waals surface area contributed by atoms with E-state index in [1.807, 2.05) is 13.8 Å². The summed E-state index contributed by atoms with van der Waals surface area (Å²) in [5.41, 5.74) is 1.01. The minimum absolute atomic E-state index is 0.0961. The van der Waals surface area contributed by atoms with Crippen LogP contribution in [0, 0.1) is 5.82 Å². The van der Waals surface area contributed by atoms with E-state index in [4.69, 9.17) is 16.3 Å². The lowest BCUT2D eigenvalue weighted by Crippen LogP contribution is -2.40. The van der Waals surface area contributed by atoms with E-state index in [1.165, 1.54) is 6.07 Å². The Hall–Kier alpha value is -0.640. The van der Waals surface area contributed by atoms with Gasteiger partial charge in [-0.3, -0.25) is 0 Å². The van der Waals surface area contributed by atoms with Gasteiger partial charge in [0.15, 0.2) is 0 Å². The second kappa shape index (κ2) is 6.94. The average Bonchev–Trinajstić information content (AvgIpc) is 2.32. The van der Waals surface area contributed by atoms with Gasteiger partial charge in [-0.1, -0.05) is 24.6 Å². The van der Waals surface area contributed by atoms with E-state index in [0.29, 0.717) is 0 Å². The Morgan fingerprint density at radius 1 is 1.47 bits per heavy atom. The van der Waals surface area contributed by atoms with Gasteiger partial charge in [0, 0.05) is 13.2 Å². The van der Waals surface area contributed by atoms with Crippen LogP contribution < -0.4 is 5.32 Å². The zero-order valence-electron chi connectivity index (χ0n) is 10.5. The van der Waals surface area contributed by atoms with E-state index in [1.54, 1.807) is 19.2 Å². The van der Waals surface area contributed by atoms with Crippen molar-refractivity contribution in [2.75, 3.05) is 13.7 Å². The number of methoxy groups -OCH3 is 1. The highest BCUT2D eigenvalue weighted by molar-refractivity contribution is 6.30. The van der Waals surface area contributed by atoms with Gasteiger partial charge in [0.2, 0.25) is 0 Å². The summed E-state index contributed by atoms with van der Waals surface area (Å²) in [6, 6.07) is 5.03. The number of benzene rings is 1. The Labute approximate surface area is 107 Å². The van der Waals surface area contributed by atoms with E-state index in [2.05, 4.69) is 5.32 Å². The molecule has 17 heavy (non-hydrogen) atoms. The number of rotatable bonds is 6. The molecule has 2 unspecified atom stereocenters. The zero-order chi connectivity index (χ0) is 12.8. The first kappa shape index (κ1) is 14.4. The SMILES string of the molecule is CCNC(Cc1ccc(F)c(Cl)c1)C(C)OC. The first-order valence-electron chi connectivity index (χ1n) is 5.78. The van der Waals surface area contributed by atoms with Crippen LogP contribution in [0.25, 0.3) is 0 Å². The summed E-state index contributed by atoms with van der Waals surface area (Å²) in [6.07, 6.45) is 0.863. The second-order valence-electron chi connectivity index (χ2n) is 4.06. The average molecular weight is 260 g/mol. The molecular weight excluding hydrogens is 241 g/mol. The maximum atomic E-state index is 13.0. The van der Waals surface area contributed by atoms with Crippen LogP contribution in [-0.4, -0.2) is 25.8 Å². The maximum Gasteiger partial charge on any atom is 0.141 e. The summed E-state index contributed by atoms with van der Waals surface area (Å²) >= 11 is 5.76. The Morgan fingerprint density at radius 3 is 2.71 bits per heavy atom. The standard InChI is InChI=1S/C13H19ClFNO/c1-4-16-13(9(2)17-3)8-10-5-6-12(15)11(14)7-10/h5-7,9,13,16H,4,8H2,1-3H3. The van der Waals surface area contributed by atoms with E-state index < -0.39 is 0 Å². The van der Waals surface area contributed by atoms with Gasteiger partial charge in [0.25, 0.3) is 0 Å². The fraction of sp³-hybridized carbons (Fsp3) is 0.538. The zero-order valence-corrected chi connectivity index (χ0v) is 11.2. The van der Waals surface area contributed by atoms with Gasteiger partial charge in [-0.05, 0) is 37.6 Å². The highest BCUT2D eigenvalue weighted by atomic mass is 35.5. The molecule has 96 valence electrons. The molecule has 1 rings (SSSR count). The Morgan fingerprint density at radius 2 is 2.18 bits per heavy atom. The van der Waals surface area contributed by atoms with Crippen LogP contribution in [0.1, 0.15) is 19.4 Å². The molecule has 0 aliphatic heterocycles. The summed E-state index contributed by atoms with van der Waals surface area (Å²) in [5.74, 6) is -0.379. The van der Waals surface area contributed by atoms with Crippen molar-refractivity contribution in [3.05, 3.63) is 34.6 Å². The lowest BCUT2D eigenvalue weighted by atomic mass is 10.0. The van der Waals surface area contributed by atoms with Crippen molar-refractivity contribution in [1.29, 1.82) is 0 Å². The first-order chi connectivity index (χ1) is 8.08. The third-order valence-corrected chi connectivity index (χ3v) is 3.13. The third kappa shape index (κ3) is 4.26. The van der Waals surface area contributed by atoms with Crippen molar-refractivity contribution < 1.29 is 9.13 Å². The van der Waals surface area contributed by atoms with Gasteiger partial charge in [-0.2, -0.15) is 0 Å². The largest absolute Gasteiger partial charge is 0.380 e. The molecule has 0 fully saturated rings. The van der Waals surface area contributed by atoms with Crippen molar-refractivity contribution in [1.82, 2.24) is 5.32 Å². The summed E-state index contributed by atoms with van der Waals surface area (Å²) in [5, 5.41) is 3.52. The van der Waals surface area contributed by atoms with Gasteiger partial charge in [0.1, 0.15) is 5.82 Å². The van der Waals surface area contributed by atoms with Crippen molar-refractivity contribution in [3.8, 4) is 0 Å². The van der Waals surface area contributed by atoms with E-state index in [-0.39, 0.29) is 23.0 Å². The molecule has 1 aromatic rings. The quantitative estimate of drug-likeness (QED) is 0.848. The normalized spacial score (nSPS) is 14.6. The third-order valence-electron chi connectivity index (χ3n) is 2.84. The molecule has 0 aromatic heterocycles. The van der Waals surface area contributed by atoms with Gasteiger partial charge in [-0.25, -0.2) is 4.39 Å². The molecule has 0 saturated carbocycles. The van der Waals surface area contributed by atoms with Crippen LogP contribution in [0.4, 0.5) is 4.39 Å². The number of likely N-dealkylation sites (N-methyl/N-ethyl adjacent to an activating group) is 1. The fourth-order valence-corrected chi connectivity index (χ4v) is 1.95. The van der Waals surface area contributed by atoms with Crippen molar-refractivity contribution in [3.63, 3.8) is 0 Å². The molecule has 1 aromatic carbocycles. The lowest BCUT2D eigenvalue weighted by Gasteiger charge is -2.23. The van der Waals surface area contributed by atoms with E-state index in [0.717, 1.165) is 18.5 Å². The lowest BCUT2D eigenvalue weighted by molar-refractivity contribution is 0.0836. The Balaban J connectivity index is 2.74. The van der Waals surface area contributed by atoms with Crippen LogP contribution in [0.2, 0.25) is 5.02 Å². The van der Waals surface area contributed by atoms with Crippen LogP contribution in [0.5, 0.6) is 0 Å². The van der Waals surface area contributed by atoms with Crippen LogP contribution in [0.3, 0.4) is 0 Å². The monoisotopic (exact) mass is 259 g/mol. The minimum atomic E-state index is -0.379. The van der Waals surface area contributed by atoms with E-state index >= 15 is 0 Å². The van der Waals surface area contributed by atoms with Crippen molar-refractivity contribution >= 4 is 11.6 Å². The second-order valence-corrected chi connectivity index (χ2v) is 4.46. The molecule has 2 atom stereocenters. The molecule has 0 spiro atoms. The van der Waals surface area contributed by atoms with Crippen molar-refractivity contribution in [2.24, 2.45) is 0 Å². The molecule has 0 aliphatic rings. The van der Waals surface area contributed by atoms with Gasteiger partial charge < -0.3 is 10.1 Å². The molecule has 4 heteroatoms. The Bertz CT molecular complexity index is 359. The number of nitrogens with one attached hydrogen (secondary N) is 1. The summed E-state index contributed by atoms with van der Waals surface area (Å²) in [6.45, 7) is 4.93.